The van der Waals surface area contributed by atoms with Crippen LogP contribution in [0.2, 0.25) is 0 Å². The van der Waals surface area contributed by atoms with Crippen molar-refractivity contribution in [3.05, 3.63) is 59.1 Å². The fraction of sp³-hybridized carbons (Fsp3) is 0.348. The number of benzene rings is 1. The van der Waals surface area contributed by atoms with Gasteiger partial charge >= 0.3 is 0 Å². The van der Waals surface area contributed by atoms with Gasteiger partial charge < -0.3 is 19.3 Å². The number of nitrogens with zero attached hydrogens (tertiary/aromatic N) is 3. The summed E-state index contributed by atoms with van der Waals surface area (Å²) in [7, 11) is 1.61. The number of rotatable bonds is 7. The molecular formula is C23H26N4O4. The third kappa shape index (κ3) is 4.69. The molecule has 4 rings (SSSR count). The summed E-state index contributed by atoms with van der Waals surface area (Å²) in [6.45, 7) is 6.54. The number of piperazine rings is 1. The van der Waals surface area contributed by atoms with Crippen molar-refractivity contribution in [3.63, 3.8) is 0 Å². The minimum atomic E-state index is 0.0366. The van der Waals surface area contributed by atoms with Gasteiger partial charge in [-0.15, -0.1) is 0 Å². The molecule has 1 amide bonds. The maximum absolute atomic E-state index is 11.9. The predicted octanol–water partition coefficient (Wildman–Crippen LogP) is 2.87. The molecule has 0 atom stereocenters. The van der Waals surface area contributed by atoms with Crippen LogP contribution in [0.5, 0.6) is 11.6 Å². The van der Waals surface area contributed by atoms with Crippen LogP contribution in [0.25, 0.3) is 11.1 Å². The van der Waals surface area contributed by atoms with E-state index in [-0.39, 0.29) is 5.91 Å². The van der Waals surface area contributed by atoms with Crippen molar-refractivity contribution in [2.75, 3.05) is 26.7 Å². The second-order valence-electron chi connectivity index (χ2n) is 7.53. The molecule has 0 unspecified atom stereocenters. The summed E-state index contributed by atoms with van der Waals surface area (Å²) >= 11 is 0. The van der Waals surface area contributed by atoms with Gasteiger partial charge in [0.2, 0.25) is 11.8 Å². The van der Waals surface area contributed by atoms with E-state index in [1.54, 1.807) is 13.3 Å². The first-order valence-corrected chi connectivity index (χ1v) is 10.2. The fourth-order valence-corrected chi connectivity index (χ4v) is 3.71. The molecular weight excluding hydrogens is 396 g/mol. The zero-order valence-corrected chi connectivity index (χ0v) is 18.0. The quantitative estimate of drug-likeness (QED) is 0.626. The van der Waals surface area contributed by atoms with E-state index >= 15 is 0 Å². The highest BCUT2D eigenvalue weighted by atomic mass is 16.5. The lowest BCUT2D eigenvalue weighted by Gasteiger charge is -2.27. The van der Waals surface area contributed by atoms with Gasteiger partial charge in [-0.1, -0.05) is 11.2 Å². The van der Waals surface area contributed by atoms with Crippen molar-refractivity contribution in [3.8, 4) is 22.8 Å². The Morgan fingerprint density at radius 1 is 1.26 bits per heavy atom. The van der Waals surface area contributed by atoms with Crippen LogP contribution in [0.4, 0.5) is 0 Å². The SMILES string of the molecule is COc1ncccc1-c1ccc(OCc2c(C)noc2C)c(CN2CCNC(=O)C2)c1. The Kier molecular flexibility index (Phi) is 6.18. The minimum Gasteiger partial charge on any atom is -0.488 e. The topological polar surface area (TPSA) is 89.7 Å². The van der Waals surface area contributed by atoms with Gasteiger partial charge in [-0.05, 0) is 43.7 Å². The third-order valence-corrected chi connectivity index (χ3v) is 5.40. The van der Waals surface area contributed by atoms with Crippen molar-refractivity contribution in [1.82, 2.24) is 20.4 Å². The zero-order valence-electron chi connectivity index (χ0n) is 18.0. The second-order valence-corrected chi connectivity index (χ2v) is 7.53. The Labute approximate surface area is 181 Å². The van der Waals surface area contributed by atoms with Crippen LogP contribution in [-0.2, 0) is 17.9 Å². The summed E-state index contributed by atoms with van der Waals surface area (Å²) in [5.41, 5.74) is 4.64. The Morgan fingerprint density at radius 3 is 2.87 bits per heavy atom. The van der Waals surface area contributed by atoms with E-state index < -0.39 is 0 Å². The summed E-state index contributed by atoms with van der Waals surface area (Å²) in [6.07, 6.45) is 1.71. The largest absolute Gasteiger partial charge is 0.488 e. The number of methoxy groups -OCH3 is 1. The van der Waals surface area contributed by atoms with Gasteiger partial charge in [0.25, 0.3) is 0 Å². The fourth-order valence-electron chi connectivity index (χ4n) is 3.71. The van der Waals surface area contributed by atoms with Crippen molar-refractivity contribution >= 4 is 5.91 Å². The maximum atomic E-state index is 11.9. The summed E-state index contributed by atoms with van der Waals surface area (Å²) in [4.78, 5) is 18.3. The molecule has 2 aromatic heterocycles. The van der Waals surface area contributed by atoms with Crippen molar-refractivity contribution in [2.45, 2.75) is 27.0 Å². The number of pyridine rings is 1. The molecule has 1 N–H and O–H groups in total. The van der Waals surface area contributed by atoms with E-state index in [2.05, 4.69) is 26.4 Å². The second kappa shape index (κ2) is 9.18. The number of carbonyl (C=O) groups excluding carboxylic acids is 1. The number of nitrogens with one attached hydrogen (secondary N) is 1. The zero-order chi connectivity index (χ0) is 21.8. The van der Waals surface area contributed by atoms with Crippen LogP contribution in [0.3, 0.4) is 0 Å². The maximum Gasteiger partial charge on any atom is 0.234 e. The van der Waals surface area contributed by atoms with Crippen LogP contribution in [0.1, 0.15) is 22.6 Å². The number of hydrogen-bond acceptors (Lipinski definition) is 7. The lowest BCUT2D eigenvalue weighted by atomic mass is 10.0. The minimum absolute atomic E-state index is 0.0366. The van der Waals surface area contributed by atoms with Crippen LogP contribution in [0.15, 0.2) is 41.1 Å². The molecule has 0 bridgehead atoms. The Balaban J connectivity index is 1.65. The first kappa shape index (κ1) is 20.9. The Bertz CT molecular complexity index is 1060. The van der Waals surface area contributed by atoms with E-state index in [1.807, 2.05) is 38.1 Å². The lowest BCUT2D eigenvalue weighted by Crippen LogP contribution is -2.47. The van der Waals surface area contributed by atoms with Gasteiger partial charge in [0.05, 0.1) is 24.9 Å². The first-order chi connectivity index (χ1) is 15.0. The van der Waals surface area contributed by atoms with Gasteiger partial charge in [-0.3, -0.25) is 9.69 Å². The number of aryl methyl sites for hydroxylation is 2. The highest BCUT2D eigenvalue weighted by Gasteiger charge is 2.19. The van der Waals surface area contributed by atoms with Gasteiger partial charge in [0.1, 0.15) is 18.1 Å². The van der Waals surface area contributed by atoms with Crippen LogP contribution in [-0.4, -0.2) is 47.7 Å². The molecule has 1 aliphatic heterocycles. The molecule has 3 aromatic rings. The van der Waals surface area contributed by atoms with Crippen LogP contribution in [0, 0.1) is 13.8 Å². The Hall–Kier alpha value is -3.39. The molecule has 0 aliphatic carbocycles. The van der Waals surface area contributed by atoms with E-state index in [0.29, 0.717) is 32.1 Å². The molecule has 162 valence electrons. The highest BCUT2D eigenvalue weighted by Crippen LogP contribution is 2.32. The van der Waals surface area contributed by atoms with Crippen molar-refractivity contribution in [2.24, 2.45) is 0 Å². The van der Waals surface area contributed by atoms with Gasteiger partial charge in [0.15, 0.2) is 0 Å². The molecule has 8 nitrogen and oxygen atoms in total. The molecule has 0 saturated carbocycles. The van der Waals surface area contributed by atoms with Gasteiger partial charge in [0, 0.05) is 37.0 Å². The summed E-state index contributed by atoms with van der Waals surface area (Å²) in [5, 5.41) is 6.86. The van der Waals surface area contributed by atoms with Gasteiger partial charge in [-0.25, -0.2) is 4.98 Å². The number of carbonyl (C=O) groups is 1. The Morgan fingerprint density at radius 2 is 2.13 bits per heavy atom. The van der Waals surface area contributed by atoms with E-state index in [0.717, 1.165) is 46.0 Å². The summed E-state index contributed by atoms with van der Waals surface area (Å²) < 4.78 is 16.9. The lowest BCUT2D eigenvalue weighted by molar-refractivity contribution is -0.124. The third-order valence-electron chi connectivity index (χ3n) is 5.40. The van der Waals surface area contributed by atoms with Crippen molar-refractivity contribution < 1.29 is 18.8 Å². The predicted molar refractivity (Wildman–Crippen MR) is 115 cm³/mol. The summed E-state index contributed by atoms with van der Waals surface area (Å²) in [5.74, 6) is 2.12. The van der Waals surface area contributed by atoms with E-state index in [4.69, 9.17) is 14.0 Å². The highest BCUT2D eigenvalue weighted by molar-refractivity contribution is 5.78. The standard InChI is InChI=1S/C23H26N4O4/c1-15-20(16(2)31-26-15)14-30-21-7-6-17(19-5-4-8-25-23(19)29-3)11-18(21)12-27-10-9-24-22(28)13-27/h4-8,11H,9-10,12-14H2,1-3H3,(H,24,28). The average Bonchev–Trinajstić information content (AvgIpc) is 3.10. The normalized spacial score (nSPS) is 14.4. The van der Waals surface area contributed by atoms with Gasteiger partial charge in [-0.2, -0.15) is 0 Å². The monoisotopic (exact) mass is 422 g/mol. The van der Waals surface area contributed by atoms with Crippen LogP contribution < -0.4 is 14.8 Å². The summed E-state index contributed by atoms with van der Waals surface area (Å²) in [6, 6.07) is 9.89. The van der Waals surface area contributed by atoms with Crippen LogP contribution >= 0.6 is 0 Å². The molecule has 1 saturated heterocycles. The molecule has 1 fully saturated rings. The molecule has 0 radical (unpaired) electrons. The molecule has 31 heavy (non-hydrogen) atoms. The molecule has 3 heterocycles. The van der Waals surface area contributed by atoms with Crippen molar-refractivity contribution in [1.29, 1.82) is 0 Å². The number of aromatic nitrogens is 2. The average molecular weight is 422 g/mol. The molecule has 8 heteroatoms. The van der Waals surface area contributed by atoms with E-state index in [1.165, 1.54) is 0 Å². The molecule has 1 aliphatic rings. The first-order valence-electron chi connectivity index (χ1n) is 10.2. The smallest absolute Gasteiger partial charge is 0.234 e. The van der Waals surface area contributed by atoms with E-state index in [9.17, 15) is 4.79 Å². The number of amides is 1. The molecule has 0 spiro atoms. The molecule has 1 aromatic carbocycles. The number of hydrogen-bond donors (Lipinski definition) is 1. The number of ether oxygens (including phenoxy) is 2.